The summed E-state index contributed by atoms with van der Waals surface area (Å²) in [6.07, 6.45) is 2.29. The van der Waals surface area contributed by atoms with Gasteiger partial charge in [0.15, 0.2) is 11.6 Å². The Balaban J connectivity index is 2.15. The molecule has 2 unspecified atom stereocenters. The molecule has 1 saturated carbocycles. The molecule has 0 spiro atoms. The van der Waals surface area contributed by atoms with Gasteiger partial charge in [0, 0.05) is 24.2 Å². The van der Waals surface area contributed by atoms with E-state index in [0.717, 1.165) is 12.8 Å². The fraction of sp³-hybridized carbons (Fsp3) is 0.455. The van der Waals surface area contributed by atoms with E-state index >= 15 is 0 Å². The summed E-state index contributed by atoms with van der Waals surface area (Å²) in [5.41, 5.74) is 5.43. The van der Waals surface area contributed by atoms with Gasteiger partial charge in [-0.2, -0.15) is 0 Å². The highest BCUT2D eigenvalue weighted by atomic mass is 19.1. The zero-order valence-corrected chi connectivity index (χ0v) is 8.64. The monoisotopic (exact) mass is 230 g/mol. The van der Waals surface area contributed by atoms with Gasteiger partial charge in [-0.15, -0.1) is 0 Å². The molecular formula is C11H13F3N2. The fourth-order valence-electron chi connectivity index (χ4n) is 2.03. The number of hydrogen-bond acceptors (Lipinski definition) is 2. The van der Waals surface area contributed by atoms with E-state index < -0.39 is 17.5 Å². The molecule has 0 saturated heterocycles. The van der Waals surface area contributed by atoms with Crippen LogP contribution < -0.4 is 11.1 Å². The number of rotatable bonds is 2. The SMILES string of the molecule is NC1CCC(Nc2c(F)cc(F)cc2F)C1. The Hall–Kier alpha value is -1.23. The molecule has 1 aliphatic rings. The number of nitrogens with two attached hydrogens (primary N) is 1. The van der Waals surface area contributed by atoms with Crippen molar-refractivity contribution < 1.29 is 13.2 Å². The third kappa shape index (κ3) is 2.29. The summed E-state index contributed by atoms with van der Waals surface area (Å²) in [4.78, 5) is 0. The van der Waals surface area contributed by atoms with Gasteiger partial charge in [0.25, 0.3) is 0 Å². The molecular weight excluding hydrogens is 217 g/mol. The van der Waals surface area contributed by atoms with Gasteiger partial charge in [-0.1, -0.05) is 0 Å². The van der Waals surface area contributed by atoms with Crippen molar-refractivity contribution in [3.05, 3.63) is 29.6 Å². The Morgan fingerprint density at radius 3 is 2.25 bits per heavy atom. The normalized spacial score (nSPS) is 24.8. The summed E-state index contributed by atoms with van der Waals surface area (Å²) in [5.74, 6) is -2.72. The van der Waals surface area contributed by atoms with E-state index in [1.165, 1.54) is 0 Å². The van der Waals surface area contributed by atoms with Gasteiger partial charge in [0.1, 0.15) is 11.5 Å². The maximum absolute atomic E-state index is 13.3. The molecule has 16 heavy (non-hydrogen) atoms. The van der Waals surface area contributed by atoms with Crippen molar-refractivity contribution in [2.45, 2.75) is 31.3 Å². The lowest BCUT2D eigenvalue weighted by Gasteiger charge is -2.15. The Morgan fingerprint density at radius 1 is 1.12 bits per heavy atom. The van der Waals surface area contributed by atoms with Crippen LogP contribution in [0.3, 0.4) is 0 Å². The number of hydrogen-bond donors (Lipinski definition) is 2. The van der Waals surface area contributed by atoms with E-state index in [9.17, 15) is 13.2 Å². The van der Waals surface area contributed by atoms with Gasteiger partial charge in [-0.3, -0.25) is 0 Å². The summed E-state index contributed by atoms with van der Waals surface area (Å²) < 4.78 is 39.2. The van der Waals surface area contributed by atoms with Crippen LogP contribution in [-0.2, 0) is 0 Å². The van der Waals surface area contributed by atoms with Crippen LogP contribution in [0.5, 0.6) is 0 Å². The van der Waals surface area contributed by atoms with Crippen molar-refractivity contribution in [3.63, 3.8) is 0 Å². The molecule has 0 bridgehead atoms. The van der Waals surface area contributed by atoms with Crippen LogP contribution in [0.2, 0.25) is 0 Å². The maximum atomic E-state index is 13.3. The molecule has 88 valence electrons. The molecule has 5 heteroatoms. The Bertz CT molecular complexity index is 372. The van der Waals surface area contributed by atoms with Gasteiger partial charge in [-0.25, -0.2) is 13.2 Å². The molecule has 2 nitrogen and oxygen atoms in total. The molecule has 1 aromatic carbocycles. The summed E-state index contributed by atoms with van der Waals surface area (Å²) in [5, 5.41) is 2.74. The molecule has 3 N–H and O–H groups in total. The molecule has 0 heterocycles. The molecule has 1 fully saturated rings. The molecule has 0 radical (unpaired) electrons. The van der Waals surface area contributed by atoms with Crippen molar-refractivity contribution in [1.82, 2.24) is 0 Å². The second kappa shape index (κ2) is 4.33. The van der Waals surface area contributed by atoms with E-state index in [2.05, 4.69) is 5.32 Å². The third-order valence-electron chi connectivity index (χ3n) is 2.83. The topological polar surface area (TPSA) is 38.0 Å². The van der Waals surface area contributed by atoms with E-state index in [1.807, 2.05) is 0 Å². The van der Waals surface area contributed by atoms with Crippen molar-refractivity contribution in [1.29, 1.82) is 0 Å². The van der Waals surface area contributed by atoms with Gasteiger partial charge in [0.2, 0.25) is 0 Å². The smallest absolute Gasteiger partial charge is 0.152 e. The highest BCUT2D eigenvalue weighted by Gasteiger charge is 2.23. The van der Waals surface area contributed by atoms with E-state index in [4.69, 9.17) is 5.73 Å². The molecule has 0 aromatic heterocycles. The lowest BCUT2D eigenvalue weighted by molar-refractivity contribution is 0.543. The molecule has 0 amide bonds. The second-order valence-corrected chi connectivity index (χ2v) is 4.16. The maximum Gasteiger partial charge on any atom is 0.152 e. The van der Waals surface area contributed by atoms with Crippen molar-refractivity contribution in [2.75, 3.05) is 5.32 Å². The zero-order chi connectivity index (χ0) is 11.7. The van der Waals surface area contributed by atoms with Gasteiger partial charge in [-0.05, 0) is 19.3 Å². The number of anilines is 1. The van der Waals surface area contributed by atoms with Crippen molar-refractivity contribution in [2.24, 2.45) is 5.73 Å². The minimum absolute atomic E-state index is 0.0375. The molecule has 2 atom stereocenters. The van der Waals surface area contributed by atoms with E-state index in [0.29, 0.717) is 18.6 Å². The summed E-state index contributed by atoms with van der Waals surface area (Å²) in [7, 11) is 0. The summed E-state index contributed by atoms with van der Waals surface area (Å²) in [6.45, 7) is 0. The molecule has 0 aliphatic heterocycles. The van der Waals surface area contributed by atoms with Crippen LogP contribution in [-0.4, -0.2) is 12.1 Å². The van der Waals surface area contributed by atoms with Crippen LogP contribution in [0, 0.1) is 17.5 Å². The minimum Gasteiger partial charge on any atom is -0.378 e. The molecule has 1 aliphatic carbocycles. The van der Waals surface area contributed by atoms with Crippen LogP contribution in [0.15, 0.2) is 12.1 Å². The fourth-order valence-corrected chi connectivity index (χ4v) is 2.03. The summed E-state index contributed by atoms with van der Waals surface area (Å²) >= 11 is 0. The molecule has 2 rings (SSSR count). The van der Waals surface area contributed by atoms with E-state index in [-0.39, 0.29) is 17.8 Å². The van der Waals surface area contributed by atoms with Crippen LogP contribution >= 0.6 is 0 Å². The van der Waals surface area contributed by atoms with Crippen molar-refractivity contribution >= 4 is 5.69 Å². The Labute approximate surface area is 91.6 Å². The Kier molecular flexibility index (Phi) is 3.05. The second-order valence-electron chi connectivity index (χ2n) is 4.16. The average Bonchev–Trinajstić information content (AvgIpc) is 2.58. The largest absolute Gasteiger partial charge is 0.378 e. The Morgan fingerprint density at radius 2 is 1.75 bits per heavy atom. The highest BCUT2D eigenvalue weighted by molar-refractivity contribution is 5.47. The number of nitrogens with one attached hydrogen (secondary N) is 1. The third-order valence-corrected chi connectivity index (χ3v) is 2.83. The zero-order valence-electron chi connectivity index (χ0n) is 8.64. The van der Waals surface area contributed by atoms with Crippen LogP contribution in [0.1, 0.15) is 19.3 Å². The predicted molar refractivity (Wildman–Crippen MR) is 55.6 cm³/mol. The lowest BCUT2D eigenvalue weighted by atomic mass is 10.2. The quantitative estimate of drug-likeness (QED) is 0.818. The first-order chi connectivity index (χ1) is 7.56. The first-order valence-electron chi connectivity index (χ1n) is 5.23. The van der Waals surface area contributed by atoms with Crippen LogP contribution in [0.4, 0.5) is 18.9 Å². The van der Waals surface area contributed by atoms with Gasteiger partial charge < -0.3 is 11.1 Å². The predicted octanol–water partition coefficient (Wildman–Crippen LogP) is 2.40. The highest BCUT2D eigenvalue weighted by Crippen LogP contribution is 2.26. The summed E-state index contributed by atoms with van der Waals surface area (Å²) in [6, 6.07) is 1.37. The van der Waals surface area contributed by atoms with Crippen LogP contribution in [0.25, 0.3) is 0 Å². The number of halogens is 3. The van der Waals surface area contributed by atoms with Gasteiger partial charge >= 0.3 is 0 Å². The average molecular weight is 230 g/mol. The first-order valence-corrected chi connectivity index (χ1v) is 5.23. The lowest BCUT2D eigenvalue weighted by Crippen LogP contribution is -2.21. The van der Waals surface area contributed by atoms with Crippen molar-refractivity contribution in [3.8, 4) is 0 Å². The van der Waals surface area contributed by atoms with Gasteiger partial charge in [0.05, 0.1) is 0 Å². The minimum atomic E-state index is -0.913. The standard InChI is InChI=1S/C11H13F3N2/c12-6-3-9(13)11(10(14)4-6)16-8-2-1-7(15)5-8/h3-4,7-8,16H,1-2,5,15H2. The number of benzene rings is 1. The molecule has 1 aromatic rings. The van der Waals surface area contributed by atoms with E-state index in [1.54, 1.807) is 0 Å². The first kappa shape index (κ1) is 11.3.